The lowest BCUT2D eigenvalue weighted by atomic mass is 10.1. The van der Waals surface area contributed by atoms with Gasteiger partial charge in [0.1, 0.15) is 12.7 Å². The average molecular weight is 768 g/mol. The van der Waals surface area contributed by atoms with Gasteiger partial charge in [-0.05, 0) is 70.6 Å². The molecule has 0 saturated heterocycles. The van der Waals surface area contributed by atoms with Gasteiger partial charge in [-0.3, -0.25) is 18.6 Å². The molecule has 53 heavy (non-hydrogen) atoms. The Labute approximate surface area is 324 Å². The standard InChI is InChI=1S/C43H78NO8P/c1-3-5-7-9-11-13-15-17-19-20-21-22-24-26-28-30-32-34-36-43(47)50-39-41(45)40-52-53(48,49)51-38-37-44-42(46)35-33-31-29-27-25-23-18-16-14-12-10-8-6-4-2/h10,12-13,15-16,18-20,41,45H,3-9,11,14,17,21-40H2,1-2H3,(H,44,46)(H,48,49)/b12-10-,15-13-,18-16-,20-19-. The van der Waals surface area contributed by atoms with Crippen LogP contribution in [-0.2, 0) is 27.9 Å². The maximum atomic E-state index is 12.1. The molecule has 0 rings (SSSR count). The van der Waals surface area contributed by atoms with Crippen LogP contribution in [0.3, 0.4) is 0 Å². The fraction of sp³-hybridized carbons (Fsp3) is 0.767. The highest BCUT2D eigenvalue weighted by Gasteiger charge is 2.23. The monoisotopic (exact) mass is 768 g/mol. The summed E-state index contributed by atoms with van der Waals surface area (Å²) in [5.41, 5.74) is 0. The lowest BCUT2D eigenvalue weighted by Gasteiger charge is -2.15. The number of unbranched alkanes of at least 4 members (excludes halogenated alkanes) is 18. The van der Waals surface area contributed by atoms with Crippen LogP contribution in [0.5, 0.6) is 0 Å². The maximum absolute atomic E-state index is 12.1. The fourth-order valence-electron chi connectivity index (χ4n) is 5.48. The summed E-state index contributed by atoms with van der Waals surface area (Å²) < 4.78 is 26.8. The van der Waals surface area contributed by atoms with E-state index in [1.54, 1.807) is 0 Å². The zero-order valence-corrected chi connectivity index (χ0v) is 34.6. The summed E-state index contributed by atoms with van der Waals surface area (Å²) in [6.45, 7) is 3.46. The van der Waals surface area contributed by atoms with Crippen LogP contribution in [0, 0.1) is 0 Å². The quantitative estimate of drug-likeness (QED) is 0.0244. The van der Waals surface area contributed by atoms with Gasteiger partial charge < -0.3 is 20.1 Å². The van der Waals surface area contributed by atoms with Crippen LogP contribution < -0.4 is 5.32 Å². The number of carbonyl (C=O) groups excluding carboxylic acids is 2. The van der Waals surface area contributed by atoms with E-state index in [9.17, 15) is 24.2 Å². The summed E-state index contributed by atoms with van der Waals surface area (Å²) in [4.78, 5) is 33.9. The van der Waals surface area contributed by atoms with E-state index in [1.165, 1.54) is 70.6 Å². The molecule has 0 bridgehead atoms. The minimum Gasteiger partial charge on any atom is -0.463 e. The zero-order chi connectivity index (χ0) is 38.9. The summed E-state index contributed by atoms with van der Waals surface area (Å²) >= 11 is 0. The summed E-state index contributed by atoms with van der Waals surface area (Å²) in [7, 11) is -4.42. The third kappa shape index (κ3) is 41.0. The molecule has 2 unspecified atom stereocenters. The first-order chi connectivity index (χ1) is 25.8. The van der Waals surface area contributed by atoms with Crippen LogP contribution in [0.4, 0.5) is 0 Å². The fourth-order valence-corrected chi connectivity index (χ4v) is 6.24. The van der Waals surface area contributed by atoms with Crippen molar-refractivity contribution >= 4 is 19.7 Å². The van der Waals surface area contributed by atoms with E-state index < -0.39 is 26.5 Å². The first kappa shape index (κ1) is 51.0. The number of esters is 1. The van der Waals surface area contributed by atoms with Gasteiger partial charge >= 0.3 is 13.8 Å². The van der Waals surface area contributed by atoms with Gasteiger partial charge in [-0.2, -0.15) is 0 Å². The van der Waals surface area contributed by atoms with Gasteiger partial charge in [0.2, 0.25) is 5.91 Å². The number of allylic oxidation sites excluding steroid dienone is 8. The molecular formula is C43H78NO8P. The number of carbonyl (C=O) groups is 2. The van der Waals surface area contributed by atoms with Crippen LogP contribution >= 0.6 is 7.82 Å². The second kappa shape index (κ2) is 39.7. The molecule has 9 nitrogen and oxygen atoms in total. The molecule has 0 fully saturated rings. The van der Waals surface area contributed by atoms with E-state index in [4.69, 9.17) is 13.8 Å². The first-order valence-electron chi connectivity index (χ1n) is 21.1. The van der Waals surface area contributed by atoms with Crippen molar-refractivity contribution in [3.05, 3.63) is 48.6 Å². The molecular weight excluding hydrogens is 689 g/mol. The van der Waals surface area contributed by atoms with E-state index in [0.717, 1.165) is 83.5 Å². The Balaban J connectivity index is 3.64. The SMILES string of the molecule is CCCC/C=C\C/C=C\CCCCCCCC(=O)NCCOP(=O)(O)OCC(O)COC(=O)CCCCCCCCC/C=C\C/C=C\CCCCCC. The van der Waals surface area contributed by atoms with E-state index in [-0.39, 0.29) is 32.1 Å². The van der Waals surface area contributed by atoms with E-state index in [0.29, 0.717) is 6.42 Å². The second-order valence-corrected chi connectivity index (χ2v) is 15.4. The maximum Gasteiger partial charge on any atom is 0.472 e. The predicted octanol–water partition coefficient (Wildman–Crippen LogP) is 11.5. The number of rotatable bonds is 39. The van der Waals surface area contributed by atoms with Crippen LogP contribution in [0.2, 0.25) is 0 Å². The van der Waals surface area contributed by atoms with Crippen LogP contribution in [0.1, 0.15) is 181 Å². The van der Waals surface area contributed by atoms with Crippen molar-refractivity contribution in [2.45, 2.75) is 187 Å². The Morgan fingerprint density at radius 1 is 0.585 bits per heavy atom. The first-order valence-corrected chi connectivity index (χ1v) is 22.6. The van der Waals surface area contributed by atoms with E-state index in [1.807, 2.05) is 0 Å². The van der Waals surface area contributed by atoms with E-state index >= 15 is 0 Å². The van der Waals surface area contributed by atoms with Crippen LogP contribution in [0.25, 0.3) is 0 Å². The number of amides is 1. The van der Waals surface area contributed by atoms with Crippen molar-refractivity contribution in [3.63, 3.8) is 0 Å². The van der Waals surface area contributed by atoms with Gasteiger partial charge in [0.15, 0.2) is 0 Å². The number of ether oxygens (including phenoxy) is 1. The summed E-state index contributed by atoms with van der Waals surface area (Å²) in [5, 5.41) is 12.7. The molecule has 0 radical (unpaired) electrons. The van der Waals surface area contributed by atoms with Crippen molar-refractivity contribution < 1.29 is 37.9 Å². The number of aliphatic hydroxyl groups is 1. The van der Waals surface area contributed by atoms with Crippen molar-refractivity contribution in [2.24, 2.45) is 0 Å². The van der Waals surface area contributed by atoms with Gasteiger partial charge in [-0.1, -0.05) is 146 Å². The molecule has 308 valence electrons. The Bertz CT molecular complexity index is 1010. The van der Waals surface area contributed by atoms with Crippen LogP contribution in [-0.4, -0.2) is 54.3 Å². The molecule has 0 aromatic carbocycles. The topological polar surface area (TPSA) is 131 Å². The van der Waals surface area contributed by atoms with Crippen molar-refractivity contribution in [2.75, 3.05) is 26.4 Å². The molecule has 3 N–H and O–H groups in total. The Hall–Kier alpha value is -2.03. The molecule has 0 aromatic heterocycles. The highest BCUT2D eigenvalue weighted by atomic mass is 31.2. The largest absolute Gasteiger partial charge is 0.472 e. The Morgan fingerprint density at radius 3 is 1.57 bits per heavy atom. The number of hydrogen-bond donors (Lipinski definition) is 3. The van der Waals surface area contributed by atoms with Gasteiger partial charge in [0.25, 0.3) is 0 Å². The summed E-state index contributed by atoms with van der Waals surface area (Å²) in [5.74, 6) is -0.540. The third-order valence-electron chi connectivity index (χ3n) is 8.73. The zero-order valence-electron chi connectivity index (χ0n) is 33.7. The molecule has 0 aromatic rings. The van der Waals surface area contributed by atoms with Crippen LogP contribution in [0.15, 0.2) is 48.6 Å². The Kier molecular flexibility index (Phi) is 38.1. The molecule has 1 amide bonds. The van der Waals surface area contributed by atoms with Gasteiger partial charge in [-0.15, -0.1) is 0 Å². The number of phosphoric ester groups is 1. The lowest BCUT2D eigenvalue weighted by Crippen LogP contribution is -2.27. The highest BCUT2D eigenvalue weighted by molar-refractivity contribution is 7.47. The minimum absolute atomic E-state index is 0.0717. The summed E-state index contributed by atoms with van der Waals surface area (Å²) in [6.07, 6.45) is 44.6. The normalized spacial score (nSPS) is 13.8. The smallest absolute Gasteiger partial charge is 0.463 e. The molecule has 0 spiro atoms. The molecule has 0 heterocycles. The third-order valence-corrected chi connectivity index (χ3v) is 9.72. The number of hydrogen-bond acceptors (Lipinski definition) is 7. The number of phosphoric acid groups is 1. The molecule has 0 aliphatic heterocycles. The van der Waals surface area contributed by atoms with Crippen molar-refractivity contribution in [1.29, 1.82) is 0 Å². The van der Waals surface area contributed by atoms with Crippen molar-refractivity contribution in [3.8, 4) is 0 Å². The van der Waals surface area contributed by atoms with Gasteiger partial charge in [0.05, 0.1) is 13.2 Å². The number of aliphatic hydroxyl groups excluding tert-OH is 1. The number of nitrogens with one attached hydrogen (secondary N) is 1. The van der Waals surface area contributed by atoms with E-state index in [2.05, 4.69) is 67.8 Å². The molecule has 10 heteroatoms. The Morgan fingerprint density at radius 2 is 1.04 bits per heavy atom. The molecule has 0 aliphatic rings. The minimum atomic E-state index is -4.42. The lowest BCUT2D eigenvalue weighted by molar-refractivity contribution is -0.147. The molecule has 0 aliphatic carbocycles. The molecule has 0 saturated carbocycles. The average Bonchev–Trinajstić information content (AvgIpc) is 3.14. The predicted molar refractivity (Wildman–Crippen MR) is 220 cm³/mol. The van der Waals surface area contributed by atoms with Gasteiger partial charge in [0, 0.05) is 19.4 Å². The summed E-state index contributed by atoms with van der Waals surface area (Å²) in [6, 6.07) is 0. The second-order valence-electron chi connectivity index (χ2n) is 14.0. The highest BCUT2D eigenvalue weighted by Crippen LogP contribution is 2.42. The van der Waals surface area contributed by atoms with Crippen molar-refractivity contribution in [1.82, 2.24) is 5.32 Å². The van der Waals surface area contributed by atoms with Gasteiger partial charge in [-0.25, -0.2) is 4.57 Å². The molecule has 2 atom stereocenters.